The number of ether oxygens (including phenoxy) is 2. The lowest BCUT2D eigenvalue weighted by molar-refractivity contribution is -0.159. The molecule has 24 heavy (non-hydrogen) atoms. The molecule has 0 aromatic heterocycles. The second-order valence-electron chi connectivity index (χ2n) is 5.57. The van der Waals surface area contributed by atoms with E-state index in [2.05, 4.69) is 5.32 Å². The lowest BCUT2D eigenvalue weighted by Crippen LogP contribution is -2.25. The van der Waals surface area contributed by atoms with Crippen LogP contribution < -0.4 is 5.32 Å². The van der Waals surface area contributed by atoms with Crippen LogP contribution in [-0.2, 0) is 15.3 Å². The van der Waals surface area contributed by atoms with E-state index in [-0.39, 0.29) is 11.3 Å². The number of carbonyl (C=O) groups excluding carboxylic acids is 1. The molecule has 1 amide bonds. The number of halogens is 1. The molecule has 1 saturated heterocycles. The predicted molar refractivity (Wildman–Crippen MR) is 97.5 cm³/mol. The summed E-state index contributed by atoms with van der Waals surface area (Å²) in [5, 5.41) is 3.33. The van der Waals surface area contributed by atoms with E-state index in [9.17, 15) is 4.79 Å². The second-order valence-corrected chi connectivity index (χ2v) is 6.97. The molecule has 6 heteroatoms. The maximum absolute atomic E-state index is 12.0. The Bertz CT molecular complexity index is 712. The Hall–Kier alpha value is -1.53. The van der Waals surface area contributed by atoms with Crippen molar-refractivity contribution in [3.8, 4) is 0 Å². The van der Waals surface area contributed by atoms with Gasteiger partial charge < -0.3 is 14.8 Å². The van der Waals surface area contributed by atoms with Gasteiger partial charge in [-0.3, -0.25) is 4.79 Å². The van der Waals surface area contributed by atoms with Crippen LogP contribution in [0.4, 0.5) is 10.5 Å². The number of thioether (sulfide) groups is 1. The Morgan fingerprint density at radius 3 is 2.71 bits per heavy atom. The predicted octanol–water partition coefficient (Wildman–Crippen LogP) is 4.89. The highest BCUT2D eigenvalue weighted by Crippen LogP contribution is 2.38. The van der Waals surface area contributed by atoms with Crippen molar-refractivity contribution >= 4 is 34.3 Å². The highest BCUT2D eigenvalue weighted by molar-refractivity contribution is 8.13. The van der Waals surface area contributed by atoms with Crippen molar-refractivity contribution in [2.45, 2.75) is 18.8 Å². The first-order valence-corrected chi connectivity index (χ1v) is 8.99. The topological polar surface area (TPSA) is 47.6 Å². The van der Waals surface area contributed by atoms with Gasteiger partial charge in [0.05, 0.1) is 12.7 Å². The Morgan fingerprint density at radius 1 is 1.25 bits per heavy atom. The third-order valence-electron chi connectivity index (χ3n) is 3.72. The van der Waals surface area contributed by atoms with Crippen molar-refractivity contribution in [1.29, 1.82) is 0 Å². The monoisotopic (exact) mass is 363 g/mol. The fourth-order valence-corrected chi connectivity index (χ4v) is 3.53. The van der Waals surface area contributed by atoms with Crippen LogP contribution in [0.2, 0.25) is 5.02 Å². The number of anilines is 1. The molecule has 2 aromatic rings. The number of benzene rings is 2. The number of hydrogen-bond donors (Lipinski definition) is 1. The van der Waals surface area contributed by atoms with Gasteiger partial charge in [-0.25, -0.2) is 0 Å². The first kappa shape index (κ1) is 17.3. The van der Waals surface area contributed by atoms with Crippen molar-refractivity contribution in [2.75, 3.05) is 17.7 Å². The van der Waals surface area contributed by atoms with Gasteiger partial charge in [0, 0.05) is 22.0 Å². The molecule has 2 atom stereocenters. The summed E-state index contributed by atoms with van der Waals surface area (Å²) in [6, 6.07) is 16.8. The van der Waals surface area contributed by atoms with Crippen LogP contribution >= 0.6 is 23.4 Å². The number of rotatable bonds is 4. The smallest absolute Gasteiger partial charge is 0.283 e. The van der Waals surface area contributed by atoms with Gasteiger partial charge in [-0.2, -0.15) is 0 Å². The summed E-state index contributed by atoms with van der Waals surface area (Å²) in [7, 11) is 0. The number of nitrogens with one attached hydrogen (secondary N) is 1. The van der Waals surface area contributed by atoms with Gasteiger partial charge >= 0.3 is 0 Å². The Labute approximate surface area is 150 Å². The fraction of sp³-hybridized carbons (Fsp3) is 0.278. The van der Waals surface area contributed by atoms with Crippen molar-refractivity contribution < 1.29 is 14.3 Å². The molecule has 3 rings (SSSR count). The van der Waals surface area contributed by atoms with Crippen molar-refractivity contribution in [2.24, 2.45) is 0 Å². The van der Waals surface area contributed by atoms with E-state index in [1.54, 1.807) is 0 Å². The molecule has 1 aliphatic heterocycles. The largest absolute Gasteiger partial charge is 0.343 e. The molecule has 1 fully saturated rings. The molecule has 4 nitrogen and oxygen atoms in total. The molecule has 2 aromatic carbocycles. The zero-order valence-corrected chi connectivity index (χ0v) is 14.8. The molecular weight excluding hydrogens is 346 g/mol. The van der Waals surface area contributed by atoms with E-state index in [1.807, 2.05) is 61.5 Å². The zero-order valence-electron chi connectivity index (χ0n) is 13.2. The third kappa shape index (κ3) is 4.11. The van der Waals surface area contributed by atoms with Crippen LogP contribution in [0, 0.1) is 0 Å². The average molecular weight is 364 g/mol. The van der Waals surface area contributed by atoms with Gasteiger partial charge in [0.25, 0.3) is 5.24 Å². The number of hydrogen-bond acceptors (Lipinski definition) is 4. The van der Waals surface area contributed by atoms with E-state index in [0.717, 1.165) is 11.3 Å². The molecule has 1 aliphatic rings. The molecule has 0 spiro atoms. The van der Waals surface area contributed by atoms with E-state index in [0.29, 0.717) is 17.4 Å². The molecule has 0 radical (unpaired) electrons. The lowest BCUT2D eigenvalue weighted by Gasteiger charge is -2.24. The van der Waals surface area contributed by atoms with Gasteiger partial charge in [-0.05, 0) is 25.1 Å². The van der Waals surface area contributed by atoms with Crippen LogP contribution in [0.5, 0.6) is 0 Å². The number of carbonyl (C=O) groups is 1. The fourth-order valence-electron chi connectivity index (χ4n) is 2.53. The average Bonchev–Trinajstić information content (AvgIpc) is 2.97. The third-order valence-corrected chi connectivity index (χ3v) is 4.95. The Balaban J connectivity index is 1.53. The maximum Gasteiger partial charge on any atom is 0.283 e. The number of amides is 1. The summed E-state index contributed by atoms with van der Waals surface area (Å²) in [6.07, 6.45) is -0.169. The maximum atomic E-state index is 12.0. The van der Waals surface area contributed by atoms with Crippen LogP contribution in [0.25, 0.3) is 0 Å². The van der Waals surface area contributed by atoms with E-state index in [4.69, 9.17) is 21.1 Å². The highest BCUT2D eigenvalue weighted by Gasteiger charge is 2.40. The van der Waals surface area contributed by atoms with Gasteiger partial charge in [0.2, 0.25) is 0 Å². The molecular formula is C18H18ClNO3S. The Morgan fingerprint density at radius 2 is 1.96 bits per heavy atom. The standard InChI is InChI=1S/C18H18ClNO3S/c1-18(15-9-5-6-10-16(15)19)22-11-14(23-18)12-24-17(21)20-13-7-3-2-4-8-13/h2-10,14H,11-12H2,1H3,(H,20,21)/t14-,18+/m1/s1. The Kier molecular flexibility index (Phi) is 5.46. The van der Waals surface area contributed by atoms with Gasteiger partial charge in [-0.15, -0.1) is 0 Å². The van der Waals surface area contributed by atoms with Crippen molar-refractivity contribution in [1.82, 2.24) is 0 Å². The molecule has 1 N–H and O–H groups in total. The minimum Gasteiger partial charge on any atom is -0.343 e. The summed E-state index contributed by atoms with van der Waals surface area (Å²) in [5.41, 5.74) is 1.58. The molecule has 0 aliphatic carbocycles. The summed E-state index contributed by atoms with van der Waals surface area (Å²) in [4.78, 5) is 12.0. The van der Waals surface area contributed by atoms with Gasteiger partial charge in [0.1, 0.15) is 0 Å². The van der Waals surface area contributed by atoms with E-state index in [1.165, 1.54) is 11.8 Å². The molecule has 0 saturated carbocycles. The first-order valence-electron chi connectivity index (χ1n) is 7.62. The van der Waals surface area contributed by atoms with Crippen molar-refractivity contribution in [3.63, 3.8) is 0 Å². The molecule has 0 unspecified atom stereocenters. The van der Waals surface area contributed by atoms with Gasteiger partial charge in [-0.1, -0.05) is 59.8 Å². The van der Waals surface area contributed by atoms with E-state index >= 15 is 0 Å². The minimum atomic E-state index is -0.876. The number of para-hydroxylation sites is 1. The quantitative estimate of drug-likeness (QED) is 0.839. The summed E-state index contributed by atoms with van der Waals surface area (Å²) in [5.74, 6) is -0.363. The first-order chi connectivity index (χ1) is 11.6. The molecule has 0 bridgehead atoms. The molecule has 126 valence electrons. The summed E-state index contributed by atoms with van der Waals surface area (Å²) < 4.78 is 11.8. The van der Waals surface area contributed by atoms with Crippen LogP contribution in [0.15, 0.2) is 54.6 Å². The van der Waals surface area contributed by atoms with Crippen LogP contribution in [-0.4, -0.2) is 23.7 Å². The van der Waals surface area contributed by atoms with E-state index < -0.39 is 5.79 Å². The summed E-state index contributed by atoms with van der Waals surface area (Å²) >= 11 is 7.41. The second kappa shape index (κ2) is 7.57. The summed E-state index contributed by atoms with van der Waals surface area (Å²) in [6.45, 7) is 2.27. The molecule has 1 heterocycles. The SMILES string of the molecule is C[C@]1(c2ccccc2Cl)OC[C@H](CSC(=O)Nc2ccccc2)O1. The van der Waals surface area contributed by atoms with Crippen LogP contribution in [0.3, 0.4) is 0 Å². The normalized spacial score (nSPS) is 23.2. The minimum absolute atomic E-state index is 0.115. The highest BCUT2D eigenvalue weighted by atomic mass is 35.5. The van der Waals surface area contributed by atoms with Crippen molar-refractivity contribution in [3.05, 3.63) is 65.2 Å². The van der Waals surface area contributed by atoms with Gasteiger partial charge in [0.15, 0.2) is 5.79 Å². The van der Waals surface area contributed by atoms with Crippen LogP contribution in [0.1, 0.15) is 12.5 Å². The lowest BCUT2D eigenvalue weighted by atomic mass is 10.1. The zero-order chi connectivity index (χ0) is 17.0.